The second kappa shape index (κ2) is 19.5. The molecule has 0 unspecified atom stereocenters. The molecule has 0 N–H and O–H groups in total. The molecular weight excluding hydrogens is 626 g/mol. The van der Waals surface area contributed by atoms with Crippen molar-refractivity contribution >= 4 is 16.2 Å². The number of hydrogen-bond acceptors (Lipinski definition) is 10. The molecule has 0 aliphatic heterocycles. The molecule has 3 aromatic rings. The van der Waals surface area contributed by atoms with Crippen molar-refractivity contribution < 1.29 is 45.8 Å². The van der Waals surface area contributed by atoms with Gasteiger partial charge < -0.3 is 33.3 Å². The van der Waals surface area contributed by atoms with Crippen molar-refractivity contribution in [3.05, 3.63) is 89.5 Å². The number of benzene rings is 3. The van der Waals surface area contributed by atoms with Crippen LogP contribution < -0.4 is 0 Å². The molecule has 1 aliphatic carbocycles. The lowest BCUT2D eigenvalue weighted by atomic mass is 9.98. The van der Waals surface area contributed by atoms with E-state index < -0.39 is 10.1 Å². The largest absolute Gasteiger partial charge is 0.448 e. The summed E-state index contributed by atoms with van der Waals surface area (Å²) in [6.45, 7) is 6.21. The molecule has 0 bridgehead atoms. The third-order valence-corrected chi connectivity index (χ3v) is 8.81. The molecule has 0 saturated heterocycles. The minimum atomic E-state index is -3.78. The van der Waals surface area contributed by atoms with Crippen LogP contribution in [0.2, 0.25) is 0 Å². The highest BCUT2D eigenvalue weighted by Crippen LogP contribution is 2.44. The first-order valence-electron chi connectivity index (χ1n) is 15.8. The van der Waals surface area contributed by atoms with Gasteiger partial charge in [-0.2, -0.15) is 8.42 Å². The third kappa shape index (κ3) is 11.7. The monoisotopic (exact) mass is 671 g/mol. The molecule has 0 aromatic heterocycles. The van der Waals surface area contributed by atoms with E-state index >= 15 is 0 Å². The third-order valence-electron chi connectivity index (χ3n) is 7.48. The Bertz CT molecular complexity index is 1440. The van der Waals surface area contributed by atoms with Crippen molar-refractivity contribution in [1.29, 1.82) is 0 Å². The molecule has 4 rings (SSSR count). The molecule has 0 heterocycles. The summed E-state index contributed by atoms with van der Waals surface area (Å²) in [5.41, 5.74) is 5.73. The second-order valence-corrected chi connectivity index (χ2v) is 12.5. The van der Waals surface area contributed by atoms with Crippen LogP contribution in [-0.4, -0.2) is 112 Å². The summed E-state index contributed by atoms with van der Waals surface area (Å²) >= 11 is 0. The minimum absolute atomic E-state index is 0.0296. The zero-order valence-corrected chi connectivity index (χ0v) is 28.0. The number of hydrogen-bond donors (Lipinski definition) is 0. The maximum absolute atomic E-state index is 12.6. The second-order valence-electron chi connectivity index (χ2n) is 10.9. The zero-order valence-electron chi connectivity index (χ0n) is 27.1. The van der Waals surface area contributed by atoms with E-state index in [-0.39, 0.29) is 36.7 Å². The van der Waals surface area contributed by atoms with Crippen molar-refractivity contribution in [2.45, 2.75) is 17.7 Å². The van der Waals surface area contributed by atoms with E-state index in [0.29, 0.717) is 66.0 Å². The highest BCUT2D eigenvalue weighted by molar-refractivity contribution is 7.86. The first-order valence-corrected chi connectivity index (χ1v) is 17.2. The molecule has 0 atom stereocenters. The zero-order chi connectivity index (χ0) is 33.3. The molecule has 1 amide bonds. The van der Waals surface area contributed by atoms with E-state index in [1.165, 1.54) is 39.3 Å². The predicted molar refractivity (Wildman–Crippen MR) is 176 cm³/mol. The lowest BCUT2D eigenvalue weighted by molar-refractivity contribution is -0.0134. The van der Waals surface area contributed by atoms with Crippen LogP contribution in [0.3, 0.4) is 0 Å². The SMILES string of the molecule is Cc1ccc(S(=O)(=O)OCCOCCOCCOCCOCCOCCN(C)C(=O)OCC2c3ccccc3-c3ccccc32)cc1. The van der Waals surface area contributed by atoms with Gasteiger partial charge in [-0.25, -0.2) is 4.79 Å². The first-order chi connectivity index (χ1) is 22.9. The first kappa shape index (κ1) is 36.5. The van der Waals surface area contributed by atoms with Crippen molar-refractivity contribution in [3.8, 4) is 11.1 Å². The van der Waals surface area contributed by atoms with Crippen molar-refractivity contribution in [1.82, 2.24) is 4.90 Å². The Hall–Kier alpha value is -3.36. The van der Waals surface area contributed by atoms with Crippen LogP contribution in [0.1, 0.15) is 22.6 Å². The predicted octanol–water partition coefficient (Wildman–Crippen LogP) is 4.66. The molecule has 3 aromatic carbocycles. The molecule has 0 fully saturated rings. The summed E-state index contributed by atoms with van der Waals surface area (Å²) < 4.78 is 62.2. The number of fused-ring (bicyclic) bond motifs is 3. The van der Waals surface area contributed by atoms with E-state index in [2.05, 4.69) is 24.3 Å². The number of carbonyl (C=O) groups excluding carboxylic acids is 1. The fraction of sp³-hybridized carbons (Fsp3) is 0.457. The fourth-order valence-electron chi connectivity index (χ4n) is 4.95. The summed E-state index contributed by atoms with van der Waals surface area (Å²) in [7, 11) is -2.08. The summed E-state index contributed by atoms with van der Waals surface area (Å²) in [6, 6.07) is 23.0. The highest BCUT2D eigenvalue weighted by atomic mass is 32.2. The van der Waals surface area contributed by atoms with Gasteiger partial charge >= 0.3 is 6.09 Å². The van der Waals surface area contributed by atoms with Gasteiger partial charge in [-0.05, 0) is 41.3 Å². The molecule has 47 heavy (non-hydrogen) atoms. The van der Waals surface area contributed by atoms with Crippen LogP contribution in [0.5, 0.6) is 0 Å². The van der Waals surface area contributed by atoms with Gasteiger partial charge in [-0.3, -0.25) is 4.18 Å². The van der Waals surface area contributed by atoms with Crippen LogP contribution in [-0.2, 0) is 42.7 Å². The topological polar surface area (TPSA) is 119 Å². The lowest BCUT2D eigenvalue weighted by Gasteiger charge is -2.19. The van der Waals surface area contributed by atoms with Gasteiger partial charge in [0, 0.05) is 19.5 Å². The van der Waals surface area contributed by atoms with Crippen LogP contribution in [0.25, 0.3) is 11.1 Å². The molecule has 0 spiro atoms. The Morgan fingerprint density at radius 2 is 1.09 bits per heavy atom. The average Bonchev–Trinajstić information content (AvgIpc) is 3.40. The maximum atomic E-state index is 12.6. The minimum Gasteiger partial charge on any atom is -0.448 e. The summed E-state index contributed by atoms with van der Waals surface area (Å²) in [6.07, 6.45) is -0.378. The number of likely N-dealkylation sites (N-methyl/N-ethyl adjacent to an activating group) is 1. The fourth-order valence-corrected chi connectivity index (χ4v) is 5.85. The van der Waals surface area contributed by atoms with Gasteiger partial charge in [0.2, 0.25) is 0 Å². The average molecular weight is 672 g/mol. The van der Waals surface area contributed by atoms with Crippen molar-refractivity contribution in [3.63, 3.8) is 0 Å². The Labute approximate surface area is 277 Å². The number of rotatable bonds is 22. The van der Waals surface area contributed by atoms with Gasteiger partial charge in [0.05, 0.1) is 77.6 Å². The molecule has 0 radical (unpaired) electrons. The molecule has 11 nitrogen and oxygen atoms in total. The standard InChI is InChI=1S/C35H45NO10S/c1-28-11-13-29(14-12-28)47(38,39)46-26-25-44-24-23-43-22-21-42-20-19-41-18-17-40-16-15-36(2)35(37)45-27-34-32-9-5-3-7-30(32)31-8-4-6-10-33(31)34/h3-14,34H,15-27H2,1-2H3. The van der Waals surface area contributed by atoms with Gasteiger partial charge in [0.15, 0.2) is 0 Å². The number of amides is 1. The molecule has 1 aliphatic rings. The summed E-state index contributed by atoms with van der Waals surface area (Å²) in [4.78, 5) is 14.2. The Morgan fingerprint density at radius 3 is 1.60 bits per heavy atom. The van der Waals surface area contributed by atoms with E-state index in [9.17, 15) is 13.2 Å². The Kier molecular flexibility index (Phi) is 15.1. The highest BCUT2D eigenvalue weighted by Gasteiger charge is 2.29. The number of ether oxygens (including phenoxy) is 6. The molecular formula is C35H45NO10S. The van der Waals surface area contributed by atoms with Gasteiger partial charge in [-0.15, -0.1) is 0 Å². The number of carbonyl (C=O) groups is 1. The quantitative estimate of drug-likeness (QED) is 0.110. The van der Waals surface area contributed by atoms with Gasteiger partial charge in [0.25, 0.3) is 10.1 Å². The van der Waals surface area contributed by atoms with Gasteiger partial charge in [-0.1, -0.05) is 66.2 Å². The number of aryl methyl sites for hydroxylation is 1. The lowest BCUT2D eigenvalue weighted by Crippen LogP contribution is -2.32. The van der Waals surface area contributed by atoms with Crippen molar-refractivity contribution in [2.75, 3.05) is 92.9 Å². The van der Waals surface area contributed by atoms with E-state index in [1.54, 1.807) is 19.2 Å². The number of nitrogens with zero attached hydrogens (tertiary/aromatic N) is 1. The smallest absolute Gasteiger partial charge is 0.409 e. The van der Waals surface area contributed by atoms with Crippen LogP contribution in [0, 0.1) is 6.92 Å². The summed E-state index contributed by atoms with van der Waals surface area (Å²) in [5.74, 6) is 0.0296. The molecule has 0 saturated carbocycles. The Morgan fingerprint density at radius 1 is 0.638 bits per heavy atom. The van der Waals surface area contributed by atoms with Gasteiger partial charge in [0.1, 0.15) is 6.61 Å². The van der Waals surface area contributed by atoms with Crippen LogP contribution in [0.15, 0.2) is 77.7 Å². The summed E-state index contributed by atoms with van der Waals surface area (Å²) in [5, 5.41) is 0. The van der Waals surface area contributed by atoms with Crippen LogP contribution in [0.4, 0.5) is 4.79 Å². The van der Waals surface area contributed by atoms with E-state index in [0.717, 1.165) is 5.56 Å². The van der Waals surface area contributed by atoms with E-state index in [1.807, 2.05) is 31.2 Å². The normalized spacial score (nSPS) is 12.6. The van der Waals surface area contributed by atoms with E-state index in [4.69, 9.17) is 32.6 Å². The van der Waals surface area contributed by atoms with Crippen molar-refractivity contribution in [2.24, 2.45) is 0 Å². The molecule has 256 valence electrons. The molecule has 12 heteroatoms. The Balaban J connectivity index is 0.914. The maximum Gasteiger partial charge on any atom is 0.409 e. The van der Waals surface area contributed by atoms with Crippen LogP contribution >= 0.6 is 0 Å².